The van der Waals surface area contributed by atoms with E-state index in [-0.39, 0.29) is 22.7 Å². The van der Waals surface area contributed by atoms with Crippen LogP contribution in [-0.2, 0) is 4.79 Å². The van der Waals surface area contributed by atoms with Gasteiger partial charge in [-0.1, -0.05) is 120 Å². The summed E-state index contributed by atoms with van der Waals surface area (Å²) in [5.74, 6) is 0.504. The van der Waals surface area contributed by atoms with Gasteiger partial charge in [-0.25, -0.2) is 4.42 Å². The van der Waals surface area contributed by atoms with E-state index in [1.165, 1.54) is 0 Å². The van der Waals surface area contributed by atoms with E-state index < -0.39 is 0 Å². The Kier molecular flexibility index (Phi) is 8.33. The van der Waals surface area contributed by atoms with E-state index in [2.05, 4.69) is 0 Å². The van der Waals surface area contributed by atoms with Gasteiger partial charge in [0.25, 0.3) is 0 Å². The molecule has 1 aromatic heterocycles. The van der Waals surface area contributed by atoms with Crippen LogP contribution in [0, 0.1) is 0 Å². The van der Waals surface area contributed by atoms with Gasteiger partial charge in [0.15, 0.2) is 5.78 Å². The molecule has 5 aromatic rings. The van der Waals surface area contributed by atoms with E-state index in [1.807, 2.05) is 121 Å². The summed E-state index contributed by atoms with van der Waals surface area (Å²) in [5.41, 5.74) is 5.15. The van der Waals surface area contributed by atoms with Crippen LogP contribution < -0.4 is 5.11 Å². The van der Waals surface area contributed by atoms with Crippen LogP contribution in [0.25, 0.3) is 38.5 Å². The van der Waals surface area contributed by atoms with Crippen LogP contribution in [0.3, 0.4) is 0 Å². The summed E-state index contributed by atoms with van der Waals surface area (Å²) in [7, 11) is 0. The van der Waals surface area contributed by atoms with Gasteiger partial charge in [0, 0.05) is 31.5 Å². The average Bonchev–Trinajstić information content (AvgIpc) is 3.10. The number of hydrogen-bond acceptors (Lipinski definition) is 3. The molecule has 0 N–H and O–H groups in total. The third-order valence-corrected chi connectivity index (χ3v) is 9.42. The van der Waals surface area contributed by atoms with Crippen molar-refractivity contribution in [3.05, 3.63) is 189 Å². The molecule has 0 radical (unpaired) electrons. The molecule has 0 spiro atoms. The molecule has 0 unspecified atom stereocenters. The van der Waals surface area contributed by atoms with Gasteiger partial charge in [0.2, 0.25) is 0 Å². The lowest BCUT2D eigenvalue weighted by molar-refractivity contribution is -0.300. The highest BCUT2D eigenvalue weighted by Crippen LogP contribution is 2.46. The number of Topliss-reactive ketones (excluding diaryl/α,β-unsaturated/α-hetero) is 1. The van der Waals surface area contributed by atoms with Crippen molar-refractivity contribution < 1.29 is 14.3 Å². The summed E-state index contributed by atoms with van der Waals surface area (Å²) in [6, 6.07) is 38.3. The molecule has 3 nitrogen and oxygen atoms in total. The number of hydrogen-bond donors (Lipinski definition) is 0. The first-order valence-electron chi connectivity index (χ1n) is 14.5. The van der Waals surface area contributed by atoms with Crippen LogP contribution >= 0.6 is 35.0 Å². The second-order valence-electron chi connectivity index (χ2n) is 10.7. The quantitative estimate of drug-likeness (QED) is 0.135. The Labute approximate surface area is 281 Å². The van der Waals surface area contributed by atoms with Crippen LogP contribution in [0.15, 0.2) is 166 Å². The summed E-state index contributed by atoms with van der Waals surface area (Å²) < 4.78 is 6.26. The fourth-order valence-corrected chi connectivity index (χ4v) is 7.01. The minimum atomic E-state index is -0.306. The first-order chi connectivity index (χ1) is 22.4. The molecule has 1 aliphatic heterocycles. The van der Waals surface area contributed by atoms with Gasteiger partial charge in [-0.05, 0) is 71.3 Å². The van der Waals surface area contributed by atoms with Crippen LogP contribution in [0.1, 0.15) is 16.7 Å². The number of allylic oxidation sites excluding steroid dienone is 6. The molecule has 222 valence electrons. The Hall–Kier alpha value is -4.87. The maximum absolute atomic E-state index is 13.5. The van der Waals surface area contributed by atoms with Crippen molar-refractivity contribution in [2.75, 3.05) is 0 Å². The lowest BCUT2D eigenvalue weighted by Gasteiger charge is -2.29. The number of carbonyl (C=O) groups is 1. The summed E-state index contributed by atoms with van der Waals surface area (Å²) >= 11 is 14.7. The highest BCUT2D eigenvalue weighted by Gasteiger charge is 2.28. The Morgan fingerprint density at radius 1 is 0.630 bits per heavy atom. The normalized spacial score (nSPS) is 16.3. The Morgan fingerprint density at radius 3 is 1.85 bits per heavy atom. The topological polar surface area (TPSA) is 51.4 Å². The fourth-order valence-electron chi connectivity index (χ4n) is 5.32. The fraction of sp³-hybridized carbons (Fsp3) is 0. The molecular formula is C40H24Cl2O3S. The summed E-state index contributed by atoms with van der Waals surface area (Å²) in [6.45, 7) is 0. The van der Waals surface area contributed by atoms with E-state index in [9.17, 15) is 9.90 Å². The minimum Gasteiger partial charge on any atom is -0.871 e. The second kappa shape index (κ2) is 12.9. The molecule has 2 aliphatic rings. The summed E-state index contributed by atoms with van der Waals surface area (Å²) in [4.78, 5) is 15.4. The highest BCUT2D eigenvalue weighted by molar-refractivity contribution is 8.16. The first-order valence-corrected chi connectivity index (χ1v) is 16.1. The molecule has 1 aliphatic carbocycles. The molecule has 2 heterocycles. The number of benzene rings is 4. The predicted octanol–water partition coefficient (Wildman–Crippen LogP) is 10.5. The molecule has 0 saturated carbocycles. The number of halogens is 2. The van der Waals surface area contributed by atoms with Crippen LogP contribution in [0.4, 0.5) is 0 Å². The molecule has 0 atom stereocenters. The molecule has 0 bridgehead atoms. The third-order valence-electron chi connectivity index (χ3n) is 7.63. The number of thioether (sulfide) groups is 1. The Morgan fingerprint density at radius 2 is 1.20 bits per heavy atom. The summed E-state index contributed by atoms with van der Waals surface area (Å²) in [6.07, 6.45) is 7.26. The molecule has 0 amide bonds. The van der Waals surface area contributed by atoms with E-state index >= 15 is 0 Å². The maximum Gasteiger partial charge on any atom is 0.362 e. The third kappa shape index (κ3) is 6.03. The number of rotatable bonds is 6. The molecule has 46 heavy (non-hydrogen) atoms. The molecular weight excluding hydrogens is 631 g/mol. The van der Waals surface area contributed by atoms with Gasteiger partial charge in [-0.15, -0.1) is 0 Å². The first kappa shape index (κ1) is 29.8. The number of ketones is 1. The Bertz CT molecular complexity index is 2160. The lowest BCUT2D eigenvalue weighted by atomic mass is 9.85. The van der Waals surface area contributed by atoms with Crippen LogP contribution in [0.5, 0.6) is 0 Å². The van der Waals surface area contributed by atoms with Crippen molar-refractivity contribution in [3.63, 3.8) is 0 Å². The molecule has 4 aromatic carbocycles. The smallest absolute Gasteiger partial charge is 0.362 e. The molecule has 0 saturated heterocycles. The summed E-state index contributed by atoms with van der Waals surface area (Å²) in [5, 5.41) is 14.7. The van der Waals surface area contributed by atoms with Gasteiger partial charge in [0.1, 0.15) is 0 Å². The highest BCUT2D eigenvalue weighted by atomic mass is 35.5. The van der Waals surface area contributed by atoms with E-state index in [4.69, 9.17) is 27.6 Å². The lowest BCUT2D eigenvalue weighted by Crippen LogP contribution is -2.29. The van der Waals surface area contributed by atoms with Crippen molar-refractivity contribution in [1.29, 1.82) is 0 Å². The van der Waals surface area contributed by atoms with Crippen molar-refractivity contribution in [2.45, 2.75) is 0 Å². The zero-order valence-corrected chi connectivity index (χ0v) is 26.6. The zero-order chi connectivity index (χ0) is 31.6. The SMILES string of the molecule is O=C1C(=Cc2cc(-c3ccccc3)[o+]c(-c3ccccc3Cl)c2)C([O-])=C1C=C1C=C(c2ccccc2)SC(c2ccccc2Cl)=C1. The zero-order valence-electron chi connectivity index (χ0n) is 24.2. The largest absolute Gasteiger partial charge is 0.871 e. The minimum absolute atomic E-state index is 0.120. The molecule has 0 fully saturated rings. The Balaban J connectivity index is 1.29. The van der Waals surface area contributed by atoms with Gasteiger partial charge >= 0.3 is 11.5 Å². The van der Waals surface area contributed by atoms with Crippen molar-refractivity contribution in [2.24, 2.45) is 0 Å². The van der Waals surface area contributed by atoms with E-state index in [0.717, 1.165) is 32.1 Å². The molecule has 6 heteroatoms. The van der Waals surface area contributed by atoms with Crippen molar-refractivity contribution >= 4 is 56.6 Å². The van der Waals surface area contributed by atoms with Crippen molar-refractivity contribution in [3.8, 4) is 22.6 Å². The van der Waals surface area contributed by atoms with Gasteiger partial charge in [-0.3, -0.25) is 4.79 Å². The predicted molar refractivity (Wildman–Crippen MR) is 189 cm³/mol. The van der Waals surface area contributed by atoms with E-state index in [0.29, 0.717) is 32.7 Å². The van der Waals surface area contributed by atoms with Crippen LogP contribution in [0.2, 0.25) is 10.0 Å². The van der Waals surface area contributed by atoms with Gasteiger partial charge in [0.05, 0.1) is 28.3 Å². The van der Waals surface area contributed by atoms with Crippen molar-refractivity contribution in [1.82, 2.24) is 0 Å². The average molecular weight is 656 g/mol. The number of carbonyl (C=O) groups excluding carboxylic acids is 1. The van der Waals surface area contributed by atoms with Crippen LogP contribution in [-0.4, -0.2) is 5.78 Å². The monoisotopic (exact) mass is 654 g/mol. The maximum atomic E-state index is 13.5. The van der Waals surface area contributed by atoms with Gasteiger partial charge in [-0.2, -0.15) is 0 Å². The molecule has 7 rings (SSSR count). The standard InChI is InChI=1S/C40H24Cl2O3S/c41-33-17-9-7-15-29(33)36-22-25(21-35(45-36)27-11-3-1-4-12-27)19-31-39(43)32(40(31)44)20-26-23-37(28-13-5-2-6-14-28)46-38(24-26)30-16-8-10-18-34(30)42/h1-24H. The van der Waals surface area contributed by atoms with Gasteiger partial charge < -0.3 is 5.11 Å². The van der Waals surface area contributed by atoms with E-state index in [1.54, 1.807) is 36.0 Å². The second-order valence-corrected chi connectivity index (χ2v) is 12.6.